The molecule has 0 spiro atoms. The van der Waals surface area contributed by atoms with Crippen LogP contribution >= 0.6 is 0 Å². The second kappa shape index (κ2) is 6.83. The molecule has 0 atom stereocenters. The third-order valence-corrected chi connectivity index (χ3v) is 3.82. The number of halogens is 2. The molecule has 0 unspecified atom stereocenters. The van der Waals surface area contributed by atoms with E-state index in [2.05, 4.69) is 5.32 Å². The third kappa shape index (κ3) is 3.77. The van der Waals surface area contributed by atoms with Crippen molar-refractivity contribution >= 4 is 0 Å². The molecule has 1 N–H and O–H groups in total. The van der Waals surface area contributed by atoms with Crippen molar-refractivity contribution in [3.8, 4) is 0 Å². The zero-order chi connectivity index (χ0) is 12.8. The van der Waals surface area contributed by atoms with Crippen LogP contribution in [0, 0.1) is 17.6 Å². The minimum Gasteiger partial charge on any atom is -0.312 e. The van der Waals surface area contributed by atoms with Crippen LogP contribution in [0.2, 0.25) is 0 Å². The van der Waals surface area contributed by atoms with Crippen molar-refractivity contribution in [2.75, 3.05) is 6.54 Å². The predicted molar refractivity (Wildman–Crippen MR) is 69.3 cm³/mol. The van der Waals surface area contributed by atoms with Crippen molar-refractivity contribution < 1.29 is 8.78 Å². The molecule has 0 bridgehead atoms. The van der Waals surface area contributed by atoms with Crippen LogP contribution in [-0.2, 0) is 6.54 Å². The predicted octanol–water partition coefficient (Wildman–Crippen LogP) is 4.02. The Morgan fingerprint density at radius 2 is 1.72 bits per heavy atom. The smallest absolute Gasteiger partial charge is 0.130 e. The molecule has 0 amide bonds. The van der Waals surface area contributed by atoms with Gasteiger partial charge in [0.15, 0.2) is 0 Å². The number of nitrogens with one attached hydrogen (secondary N) is 1. The molecule has 0 aromatic heterocycles. The molecule has 0 heterocycles. The van der Waals surface area contributed by atoms with Crippen LogP contribution in [0.25, 0.3) is 0 Å². The topological polar surface area (TPSA) is 12.0 Å². The lowest BCUT2D eigenvalue weighted by Crippen LogP contribution is -2.20. The molecule has 2 rings (SSSR count). The van der Waals surface area contributed by atoms with Crippen LogP contribution in [-0.4, -0.2) is 6.54 Å². The van der Waals surface area contributed by atoms with Gasteiger partial charge in [-0.05, 0) is 31.0 Å². The standard InChI is InChI=1S/C15H21F2N/c16-14-7-4-8-15(17)13(14)11-18-10-9-12-5-2-1-3-6-12/h4,7-8,12,18H,1-3,5-6,9-11H2. The maximum atomic E-state index is 13.4. The highest BCUT2D eigenvalue weighted by Crippen LogP contribution is 2.25. The van der Waals surface area contributed by atoms with Gasteiger partial charge in [0, 0.05) is 12.1 Å². The number of benzene rings is 1. The SMILES string of the molecule is Fc1cccc(F)c1CNCCC1CCCCC1. The van der Waals surface area contributed by atoms with Gasteiger partial charge in [-0.25, -0.2) is 8.78 Å². The van der Waals surface area contributed by atoms with E-state index in [-0.39, 0.29) is 12.1 Å². The third-order valence-electron chi connectivity index (χ3n) is 3.82. The summed E-state index contributed by atoms with van der Waals surface area (Å²) >= 11 is 0. The highest BCUT2D eigenvalue weighted by molar-refractivity contribution is 5.19. The average Bonchev–Trinajstić information content (AvgIpc) is 2.38. The van der Waals surface area contributed by atoms with Gasteiger partial charge in [0.1, 0.15) is 11.6 Å². The van der Waals surface area contributed by atoms with Crippen LogP contribution in [0.4, 0.5) is 8.78 Å². The maximum Gasteiger partial charge on any atom is 0.130 e. The Morgan fingerprint density at radius 3 is 2.39 bits per heavy atom. The van der Waals surface area contributed by atoms with Crippen LogP contribution in [0.1, 0.15) is 44.1 Å². The Hall–Kier alpha value is -0.960. The van der Waals surface area contributed by atoms with Crippen molar-refractivity contribution in [3.05, 3.63) is 35.4 Å². The zero-order valence-electron chi connectivity index (χ0n) is 10.7. The molecular weight excluding hydrogens is 232 g/mol. The van der Waals surface area contributed by atoms with E-state index in [1.807, 2.05) is 0 Å². The summed E-state index contributed by atoms with van der Waals surface area (Å²) in [4.78, 5) is 0. The van der Waals surface area contributed by atoms with Gasteiger partial charge in [0.25, 0.3) is 0 Å². The van der Waals surface area contributed by atoms with E-state index >= 15 is 0 Å². The minimum atomic E-state index is -0.458. The molecular formula is C15H21F2N. The second-order valence-corrected chi connectivity index (χ2v) is 5.17. The molecule has 0 aliphatic heterocycles. The second-order valence-electron chi connectivity index (χ2n) is 5.17. The van der Waals surface area contributed by atoms with Crippen LogP contribution in [0.5, 0.6) is 0 Å². The minimum absolute atomic E-state index is 0.154. The first-order valence-corrected chi connectivity index (χ1v) is 6.91. The van der Waals surface area contributed by atoms with E-state index in [1.165, 1.54) is 50.3 Å². The van der Waals surface area contributed by atoms with Gasteiger partial charge in [0.05, 0.1) is 0 Å². The van der Waals surface area contributed by atoms with Gasteiger partial charge >= 0.3 is 0 Å². The quantitative estimate of drug-likeness (QED) is 0.781. The number of rotatable bonds is 5. The Balaban J connectivity index is 1.71. The normalized spacial score (nSPS) is 17.0. The Kier molecular flexibility index (Phi) is 5.12. The molecule has 0 saturated heterocycles. The van der Waals surface area contributed by atoms with Crippen molar-refractivity contribution in [3.63, 3.8) is 0 Å². The van der Waals surface area contributed by atoms with Crippen molar-refractivity contribution in [2.45, 2.75) is 45.1 Å². The van der Waals surface area contributed by atoms with E-state index in [4.69, 9.17) is 0 Å². The maximum absolute atomic E-state index is 13.4. The Bertz CT molecular complexity index is 353. The summed E-state index contributed by atoms with van der Waals surface area (Å²) in [5, 5.41) is 3.15. The van der Waals surface area contributed by atoms with Gasteiger partial charge in [-0.15, -0.1) is 0 Å². The van der Waals surface area contributed by atoms with Crippen LogP contribution < -0.4 is 5.32 Å². The summed E-state index contributed by atoms with van der Waals surface area (Å²) in [6, 6.07) is 4.01. The van der Waals surface area contributed by atoms with Gasteiger partial charge in [-0.3, -0.25) is 0 Å². The Morgan fingerprint density at radius 1 is 1.06 bits per heavy atom. The van der Waals surface area contributed by atoms with Crippen LogP contribution in [0.15, 0.2) is 18.2 Å². The highest BCUT2D eigenvalue weighted by atomic mass is 19.1. The first-order chi connectivity index (χ1) is 8.77. The highest BCUT2D eigenvalue weighted by Gasteiger charge is 2.13. The monoisotopic (exact) mass is 253 g/mol. The van der Waals surface area contributed by atoms with E-state index in [0.29, 0.717) is 0 Å². The Labute approximate surface area is 108 Å². The first-order valence-electron chi connectivity index (χ1n) is 6.91. The van der Waals surface area contributed by atoms with E-state index in [1.54, 1.807) is 0 Å². The molecule has 100 valence electrons. The lowest BCUT2D eigenvalue weighted by molar-refractivity contribution is 0.333. The molecule has 1 saturated carbocycles. The van der Waals surface area contributed by atoms with Crippen molar-refractivity contribution in [1.82, 2.24) is 5.32 Å². The van der Waals surface area contributed by atoms with E-state index < -0.39 is 11.6 Å². The molecule has 1 aromatic carbocycles. The summed E-state index contributed by atoms with van der Waals surface area (Å²) < 4.78 is 26.7. The molecule has 1 aliphatic rings. The fourth-order valence-corrected chi connectivity index (χ4v) is 2.70. The summed E-state index contributed by atoms with van der Waals surface area (Å²) in [6.45, 7) is 1.13. The molecule has 1 aliphatic carbocycles. The number of hydrogen-bond acceptors (Lipinski definition) is 1. The lowest BCUT2D eigenvalue weighted by atomic mass is 9.87. The van der Waals surface area contributed by atoms with Crippen molar-refractivity contribution in [2.24, 2.45) is 5.92 Å². The van der Waals surface area contributed by atoms with Gasteiger partial charge in [-0.2, -0.15) is 0 Å². The number of hydrogen-bond donors (Lipinski definition) is 1. The summed E-state index contributed by atoms with van der Waals surface area (Å²) in [5.74, 6) is -0.114. The van der Waals surface area contributed by atoms with Gasteiger partial charge in [0.2, 0.25) is 0 Å². The molecule has 0 radical (unpaired) electrons. The van der Waals surface area contributed by atoms with Crippen LogP contribution in [0.3, 0.4) is 0 Å². The molecule has 1 aromatic rings. The average molecular weight is 253 g/mol. The zero-order valence-corrected chi connectivity index (χ0v) is 10.7. The largest absolute Gasteiger partial charge is 0.312 e. The summed E-state index contributed by atoms with van der Waals surface area (Å²) in [7, 11) is 0. The first kappa shape index (κ1) is 13.5. The molecule has 1 fully saturated rings. The summed E-state index contributed by atoms with van der Waals surface area (Å²) in [5.41, 5.74) is 0.154. The van der Waals surface area contributed by atoms with Gasteiger partial charge in [-0.1, -0.05) is 38.2 Å². The fourth-order valence-electron chi connectivity index (χ4n) is 2.70. The summed E-state index contributed by atoms with van der Waals surface area (Å²) in [6.07, 6.45) is 7.80. The molecule has 18 heavy (non-hydrogen) atoms. The molecule has 3 heteroatoms. The van der Waals surface area contributed by atoms with E-state index in [0.717, 1.165) is 18.9 Å². The lowest BCUT2D eigenvalue weighted by Gasteiger charge is -2.21. The van der Waals surface area contributed by atoms with E-state index in [9.17, 15) is 8.78 Å². The fraction of sp³-hybridized carbons (Fsp3) is 0.600. The molecule has 1 nitrogen and oxygen atoms in total. The van der Waals surface area contributed by atoms with Crippen molar-refractivity contribution in [1.29, 1.82) is 0 Å². The van der Waals surface area contributed by atoms with Gasteiger partial charge < -0.3 is 5.32 Å².